The molecular formula is C24H29N3O2S. The zero-order valence-electron chi connectivity index (χ0n) is 18.1. The molecule has 0 spiro atoms. The number of carbonyl (C=O) groups excluding carboxylic acids is 2. The maximum atomic E-state index is 13.4. The largest absolute Gasteiger partial charge is 0.302 e. The summed E-state index contributed by atoms with van der Waals surface area (Å²) in [5.41, 5.74) is 3.35. The monoisotopic (exact) mass is 423 g/mol. The van der Waals surface area contributed by atoms with Gasteiger partial charge in [0.15, 0.2) is 10.9 Å². The highest BCUT2D eigenvalue weighted by molar-refractivity contribution is 7.22. The van der Waals surface area contributed by atoms with E-state index in [0.717, 1.165) is 36.3 Å². The molecule has 0 aliphatic heterocycles. The third-order valence-electron chi connectivity index (χ3n) is 5.40. The van der Waals surface area contributed by atoms with Crippen molar-refractivity contribution in [1.29, 1.82) is 0 Å². The lowest BCUT2D eigenvalue weighted by molar-refractivity contribution is 0.0980. The van der Waals surface area contributed by atoms with Crippen LogP contribution in [0.3, 0.4) is 0 Å². The predicted octanol–water partition coefficient (Wildman–Crippen LogP) is 5.05. The van der Waals surface area contributed by atoms with E-state index in [4.69, 9.17) is 4.98 Å². The van der Waals surface area contributed by atoms with Gasteiger partial charge in [0.1, 0.15) is 0 Å². The van der Waals surface area contributed by atoms with Gasteiger partial charge in [-0.05, 0) is 56.3 Å². The molecule has 30 heavy (non-hydrogen) atoms. The molecule has 3 rings (SSSR count). The number of carbonyl (C=O) groups is 2. The molecule has 0 N–H and O–H groups in total. The molecule has 0 bridgehead atoms. The van der Waals surface area contributed by atoms with Crippen LogP contribution in [-0.4, -0.2) is 47.8 Å². The van der Waals surface area contributed by atoms with Gasteiger partial charge in [0.25, 0.3) is 5.91 Å². The van der Waals surface area contributed by atoms with Crippen LogP contribution in [0.4, 0.5) is 5.13 Å². The van der Waals surface area contributed by atoms with E-state index in [1.54, 1.807) is 40.5 Å². The number of thiazole rings is 1. The van der Waals surface area contributed by atoms with Gasteiger partial charge in [0.2, 0.25) is 0 Å². The van der Waals surface area contributed by atoms with E-state index in [0.29, 0.717) is 22.8 Å². The van der Waals surface area contributed by atoms with Crippen molar-refractivity contribution in [2.75, 3.05) is 31.1 Å². The van der Waals surface area contributed by atoms with Crippen molar-refractivity contribution in [2.24, 2.45) is 0 Å². The molecule has 0 unspecified atom stereocenters. The van der Waals surface area contributed by atoms with Crippen LogP contribution in [0.15, 0.2) is 42.5 Å². The van der Waals surface area contributed by atoms with Crippen LogP contribution in [0.2, 0.25) is 0 Å². The summed E-state index contributed by atoms with van der Waals surface area (Å²) in [4.78, 5) is 33.8. The zero-order chi connectivity index (χ0) is 21.7. The van der Waals surface area contributed by atoms with E-state index in [1.807, 2.05) is 6.07 Å². The minimum absolute atomic E-state index is 0.00899. The van der Waals surface area contributed by atoms with E-state index in [9.17, 15) is 9.59 Å². The second kappa shape index (κ2) is 9.96. The minimum atomic E-state index is -0.0907. The number of Topliss-reactive ketones (excluding diaryl/α,β-unsaturated/α-hetero) is 1. The van der Waals surface area contributed by atoms with Gasteiger partial charge in [-0.15, -0.1) is 0 Å². The van der Waals surface area contributed by atoms with Crippen molar-refractivity contribution >= 4 is 38.4 Å². The number of benzene rings is 2. The number of hydrogen-bond donors (Lipinski definition) is 0. The lowest BCUT2D eigenvalue weighted by atomic mass is 10.1. The maximum Gasteiger partial charge on any atom is 0.260 e. The predicted molar refractivity (Wildman–Crippen MR) is 125 cm³/mol. The zero-order valence-corrected chi connectivity index (χ0v) is 19.0. The molecule has 2 aromatic carbocycles. The molecule has 1 heterocycles. The highest BCUT2D eigenvalue weighted by Crippen LogP contribution is 2.30. The van der Waals surface area contributed by atoms with Crippen LogP contribution < -0.4 is 4.90 Å². The Hall–Kier alpha value is -2.57. The number of aryl methyl sites for hydroxylation is 1. The molecule has 0 aliphatic rings. The Labute approximate surface area is 182 Å². The number of hydrogen-bond acceptors (Lipinski definition) is 5. The smallest absolute Gasteiger partial charge is 0.260 e. The van der Waals surface area contributed by atoms with E-state index in [2.05, 4.69) is 37.8 Å². The van der Waals surface area contributed by atoms with Crippen LogP contribution in [-0.2, 0) is 6.42 Å². The fraction of sp³-hybridized carbons (Fsp3) is 0.375. The fourth-order valence-electron chi connectivity index (χ4n) is 3.36. The first-order chi connectivity index (χ1) is 14.5. The van der Waals surface area contributed by atoms with Gasteiger partial charge in [-0.3, -0.25) is 14.5 Å². The molecule has 158 valence electrons. The number of nitrogens with zero attached hydrogens (tertiary/aromatic N) is 3. The summed E-state index contributed by atoms with van der Waals surface area (Å²) in [7, 11) is 0. The van der Waals surface area contributed by atoms with E-state index in [-0.39, 0.29) is 11.7 Å². The standard InChI is InChI=1S/C24H29N3O2S/c1-5-18-8-13-21-22(16-18)30-24(25-21)27(15-14-26(6-2)7-3)23(29)20-11-9-19(10-12-20)17(4)28/h8-13,16H,5-7,14-15H2,1-4H3. The summed E-state index contributed by atoms with van der Waals surface area (Å²) in [6, 6.07) is 13.2. The van der Waals surface area contributed by atoms with Gasteiger partial charge in [-0.25, -0.2) is 4.98 Å². The summed E-state index contributed by atoms with van der Waals surface area (Å²) >= 11 is 1.55. The third kappa shape index (κ3) is 4.94. The molecular weight excluding hydrogens is 394 g/mol. The second-order valence-electron chi connectivity index (χ2n) is 7.27. The van der Waals surface area contributed by atoms with Crippen molar-refractivity contribution in [3.05, 3.63) is 59.2 Å². The average Bonchev–Trinajstić information content (AvgIpc) is 3.19. The Morgan fingerprint density at radius 3 is 2.20 bits per heavy atom. The van der Waals surface area contributed by atoms with Crippen LogP contribution in [0.25, 0.3) is 10.2 Å². The molecule has 6 heteroatoms. The molecule has 0 radical (unpaired) electrons. The number of likely N-dealkylation sites (N-methyl/N-ethyl adjacent to an activating group) is 1. The second-order valence-corrected chi connectivity index (χ2v) is 8.28. The molecule has 1 amide bonds. The van der Waals surface area contributed by atoms with Crippen molar-refractivity contribution in [2.45, 2.75) is 34.1 Å². The molecule has 3 aromatic rings. The van der Waals surface area contributed by atoms with Crippen LogP contribution in [0.1, 0.15) is 54.0 Å². The van der Waals surface area contributed by atoms with Gasteiger partial charge in [-0.2, -0.15) is 0 Å². The maximum absolute atomic E-state index is 13.4. The lowest BCUT2D eigenvalue weighted by Gasteiger charge is -2.24. The van der Waals surface area contributed by atoms with Crippen LogP contribution in [0.5, 0.6) is 0 Å². The van der Waals surface area contributed by atoms with Gasteiger partial charge in [0, 0.05) is 24.2 Å². The SMILES string of the molecule is CCc1ccc2nc(N(CCN(CC)CC)C(=O)c3ccc(C(C)=O)cc3)sc2c1. The molecule has 1 aromatic heterocycles. The molecule has 0 saturated heterocycles. The Balaban J connectivity index is 1.95. The van der Waals surface area contributed by atoms with Crippen LogP contribution in [0, 0.1) is 0 Å². The number of aromatic nitrogens is 1. The Morgan fingerprint density at radius 2 is 1.60 bits per heavy atom. The summed E-state index contributed by atoms with van der Waals surface area (Å²) in [5, 5.41) is 0.714. The molecule has 0 atom stereocenters. The van der Waals surface area contributed by atoms with Gasteiger partial charge in [-0.1, -0.05) is 50.3 Å². The quantitative estimate of drug-likeness (QED) is 0.452. The Morgan fingerprint density at radius 1 is 0.933 bits per heavy atom. The fourth-order valence-corrected chi connectivity index (χ4v) is 4.41. The number of anilines is 1. The highest BCUT2D eigenvalue weighted by atomic mass is 32.1. The van der Waals surface area contributed by atoms with Gasteiger partial charge >= 0.3 is 0 Å². The summed E-state index contributed by atoms with van der Waals surface area (Å²) < 4.78 is 1.09. The number of rotatable bonds is 9. The van der Waals surface area contributed by atoms with Gasteiger partial charge in [0.05, 0.1) is 10.2 Å². The number of amides is 1. The molecule has 0 fully saturated rings. The van der Waals surface area contributed by atoms with Gasteiger partial charge < -0.3 is 4.90 Å². The summed E-state index contributed by atoms with van der Waals surface area (Å²) in [6.07, 6.45) is 0.969. The molecule has 0 aliphatic carbocycles. The van der Waals surface area contributed by atoms with Crippen molar-refractivity contribution < 1.29 is 9.59 Å². The average molecular weight is 424 g/mol. The van der Waals surface area contributed by atoms with E-state index in [1.165, 1.54) is 12.5 Å². The normalized spacial score (nSPS) is 11.2. The number of ketones is 1. The van der Waals surface area contributed by atoms with Crippen molar-refractivity contribution in [3.8, 4) is 0 Å². The Kier molecular flexibility index (Phi) is 7.34. The van der Waals surface area contributed by atoms with E-state index >= 15 is 0 Å². The number of fused-ring (bicyclic) bond motifs is 1. The van der Waals surface area contributed by atoms with Crippen molar-refractivity contribution in [1.82, 2.24) is 9.88 Å². The minimum Gasteiger partial charge on any atom is -0.302 e. The van der Waals surface area contributed by atoms with Crippen LogP contribution >= 0.6 is 11.3 Å². The Bertz CT molecular complexity index is 1020. The van der Waals surface area contributed by atoms with Crippen molar-refractivity contribution in [3.63, 3.8) is 0 Å². The summed E-state index contributed by atoms with van der Waals surface area (Å²) in [6.45, 7) is 11.1. The topological polar surface area (TPSA) is 53.5 Å². The first-order valence-electron chi connectivity index (χ1n) is 10.5. The first kappa shape index (κ1) is 22.1. The lowest BCUT2D eigenvalue weighted by Crippen LogP contribution is -2.38. The van der Waals surface area contributed by atoms with E-state index < -0.39 is 0 Å². The summed E-state index contributed by atoms with van der Waals surface area (Å²) in [5.74, 6) is -0.0997. The molecule has 0 saturated carbocycles. The third-order valence-corrected chi connectivity index (χ3v) is 6.44. The highest BCUT2D eigenvalue weighted by Gasteiger charge is 2.22. The first-order valence-corrected chi connectivity index (χ1v) is 11.3. The molecule has 5 nitrogen and oxygen atoms in total.